The first kappa shape index (κ1) is 26.0. The smallest absolute Gasteiger partial charge is 0.244 e. The van der Waals surface area contributed by atoms with Crippen LogP contribution in [-0.2, 0) is 4.79 Å². The number of carbonyl (C=O) groups is 1. The molecular weight excluding hydrogens is 531 g/mol. The summed E-state index contributed by atoms with van der Waals surface area (Å²) in [5.74, 6) is 1.03. The minimum atomic E-state index is -0.521. The summed E-state index contributed by atoms with van der Waals surface area (Å²) in [6.45, 7) is 2.78. The van der Waals surface area contributed by atoms with Crippen molar-refractivity contribution in [2.24, 2.45) is 0 Å². The van der Waals surface area contributed by atoms with Crippen molar-refractivity contribution in [3.05, 3.63) is 58.8 Å². The summed E-state index contributed by atoms with van der Waals surface area (Å²) < 4.78 is 31.1. The third kappa shape index (κ3) is 5.32. The minimum Gasteiger partial charge on any atom is -0.497 e. The van der Waals surface area contributed by atoms with E-state index in [1.54, 1.807) is 54.8 Å². The lowest BCUT2D eigenvalue weighted by Gasteiger charge is -2.21. The zero-order valence-corrected chi connectivity index (χ0v) is 22.6. The number of nitrogens with zero attached hydrogens (tertiary/aromatic N) is 3. The third-order valence-electron chi connectivity index (χ3n) is 6.40. The number of hydrogen-bond donors (Lipinski definition) is 1. The Morgan fingerprint density at radius 2 is 2.05 bits per heavy atom. The molecule has 1 fully saturated rings. The molecule has 2 atom stereocenters. The largest absolute Gasteiger partial charge is 0.497 e. The van der Waals surface area contributed by atoms with Crippen LogP contribution in [0.25, 0.3) is 22.0 Å². The molecule has 0 spiro atoms. The number of ether oxygens (including phenoxy) is 3. The molecule has 4 aromatic rings. The molecular formula is C27H26ClFN4O4S. The van der Waals surface area contributed by atoms with Gasteiger partial charge in [0, 0.05) is 45.8 Å². The molecule has 0 radical (unpaired) electrons. The monoisotopic (exact) mass is 556 g/mol. The van der Waals surface area contributed by atoms with Crippen molar-refractivity contribution < 1.29 is 23.4 Å². The first-order valence-corrected chi connectivity index (χ1v) is 13.3. The molecule has 1 N–H and O–H groups in total. The van der Waals surface area contributed by atoms with Gasteiger partial charge in [-0.25, -0.2) is 14.4 Å². The lowest BCUT2D eigenvalue weighted by Crippen LogP contribution is -2.40. The summed E-state index contributed by atoms with van der Waals surface area (Å²) >= 11 is 7.53. The third-order valence-corrected chi connectivity index (χ3v) is 7.41. The molecule has 3 heterocycles. The first-order valence-electron chi connectivity index (χ1n) is 12.0. The van der Waals surface area contributed by atoms with Gasteiger partial charge in [0.2, 0.25) is 11.8 Å². The van der Waals surface area contributed by atoms with Gasteiger partial charge in [0.15, 0.2) is 5.13 Å². The van der Waals surface area contributed by atoms with E-state index in [-0.39, 0.29) is 12.0 Å². The molecule has 1 aliphatic heterocycles. The van der Waals surface area contributed by atoms with E-state index in [4.69, 9.17) is 25.8 Å². The summed E-state index contributed by atoms with van der Waals surface area (Å²) in [6.07, 6.45) is 2.08. The van der Waals surface area contributed by atoms with Crippen LogP contribution in [0.2, 0.25) is 5.02 Å². The maximum absolute atomic E-state index is 14.4. The second-order valence-electron chi connectivity index (χ2n) is 8.88. The molecule has 8 nitrogen and oxygen atoms in total. The fourth-order valence-corrected chi connectivity index (χ4v) is 5.39. The van der Waals surface area contributed by atoms with Crippen LogP contribution in [0.5, 0.6) is 17.4 Å². The van der Waals surface area contributed by atoms with E-state index in [0.29, 0.717) is 58.3 Å². The number of nitrogens with one attached hydrogen (secondary N) is 1. The molecule has 1 amide bonds. The number of thiazole rings is 1. The summed E-state index contributed by atoms with van der Waals surface area (Å²) in [5, 5.41) is 7.61. The zero-order valence-electron chi connectivity index (χ0n) is 21.0. The van der Waals surface area contributed by atoms with E-state index in [2.05, 4.69) is 15.3 Å². The number of carbonyl (C=O) groups excluding carboxylic acids is 1. The molecule has 11 heteroatoms. The Hall–Kier alpha value is -3.63. The van der Waals surface area contributed by atoms with E-state index in [0.717, 1.165) is 10.8 Å². The van der Waals surface area contributed by atoms with Crippen molar-refractivity contribution in [1.82, 2.24) is 14.9 Å². The van der Waals surface area contributed by atoms with Crippen LogP contribution in [0, 0.1) is 5.82 Å². The van der Waals surface area contributed by atoms with Crippen molar-refractivity contribution in [1.29, 1.82) is 0 Å². The standard InChI is InChI=1S/C27H26ClFN4O4S/c1-15(31-27-32-23(14-38-27)20-7-5-17(35-2)11-22(20)29)26(34)33-9-8-18(13-33)37-25-21-10-16(28)4-6-19(21)24(36-3)12-30-25/h4-7,10-12,14-15,18H,8-9,13H2,1-3H3,(H,31,32)/t15-,18+/m0/s1. The average Bonchev–Trinajstić information content (AvgIpc) is 3.58. The number of fused-ring (bicyclic) bond motifs is 1. The van der Waals surface area contributed by atoms with E-state index in [9.17, 15) is 9.18 Å². The Bertz CT molecular complexity index is 1480. The number of halogens is 2. The molecule has 0 saturated carbocycles. The highest BCUT2D eigenvalue weighted by atomic mass is 35.5. The lowest BCUT2D eigenvalue weighted by molar-refractivity contribution is -0.130. The Morgan fingerprint density at radius 1 is 1.21 bits per heavy atom. The van der Waals surface area contributed by atoms with Crippen molar-refractivity contribution in [3.63, 3.8) is 0 Å². The number of likely N-dealkylation sites (tertiary alicyclic amines) is 1. The van der Waals surface area contributed by atoms with Gasteiger partial charge in [0.25, 0.3) is 0 Å². The van der Waals surface area contributed by atoms with E-state index in [1.165, 1.54) is 24.5 Å². The second-order valence-corrected chi connectivity index (χ2v) is 10.2. The Balaban J connectivity index is 1.22. The minimum absolute atomic E-state index is 0.0703. The van der Waals surface area contributed by atoms with Gasteiger partial charge in [0.05, 0.1) is 32.7 Å². The van der Waals surface area contributed by atoms with Crippen LogP contribution in [0.3, 0.4) is 0 Å². The molecule has 0 aliphatic carbocycles. The van der Waals surface area contributed by atoms with Gasteiger partial charge < -0.3 is 24.4 Å². The highest BCUT2D eigenvalue weighted by molar-refractivity contribution is 7.14. The van der Waals surface area contributed by atoms with Gasteiger partial charge in [0.1, 0.15) is 29.5 Å². The summed E-state index contributed by atoms with van der Waals surface area (Å²) in [7, 11) is 3.07. The number of aromatic nitrogens is 2. The van der Waals surface area contributed by atoms with E-state index >= 15 is 0 Å². The number of hydrogen-bond acceptors (Lipinski definition) is 8. The number of rotatable bonds is 8. The van der Waals surface area contributed by atoms with Gasteiger partial charge in [-0.2, -0.15) is 0 Å². The SMILES string of the molecule is COc1ccc(-c2csc(N[C@@H](C)C(=O)N3CC[C@@H](Oc4ncc(OC)c5ccc(Cl)cc45)C3)n2)c(F)c1. The molecule has 1 saturated heterocycles. The molecule has 198 valence electrons. The maximum atomic E-state index is 14.4. The fraction of sp³-hybridized carbons (Fsp3) is 0.296. The normalized spacial score (nSPS) is 15.9. The van der Waals surface area contributed by atoms with Crippen molar-refractivity contribution in [2.75, 3.05) is 32.6 Å². The molecule has 0 bridgehead atoms. The van der Waals surface area contributed by atoms with Crippen LogP contribution in [0.15, 0.2) is 48.0 Å². The molecule has 2 aromatic heterocycles. The summed E-state index contributed by atoms with van der Waals surface area (Å²) in [4.78, 5) is 23.8. The van der Waals surface area contributed by atoms with Gasteiger partial charge in [-0.1, -0.05) is 11.6 Å². The number of methoxy groups -OCH3 is 2. The molecule has 1 aliphatic rings. The van der Waals surface area contributed by atoms with Crippen molar-refractivity contribution >= 4 is 44.7 Å². The summed E-state index contributed by atoms with van der Waals surface area (Å²) in [6, 6.07) is 9.56. The van der Waals surface area contributed by atoms with Gasteiger partial charge >= 0.3 is 0 Å². The van der Waals surface area contributed by atoms with Crippen molar-refractivity contribution in [2.45, 2.75) is 25.5 Å². The predicted octanol–water partition coefficient (Wildman–Crippen LogP) is 5.65. The Kier molecular flexibility index (Phi) is 7.53. The van der Waals surface area contributed by atoms with Crippen LogP contribution < -0.4 is 19.5 Å². The topological polar surface area (TPSA) is 85.8 Å². The number of pyridine rings is 1. The average molecular weight is 557 g/mol. The van der Waals surface area contributed by atoms with E-state index in [1.807, 2.05) is 6.07 Å². The number of amides is 1. The summed E-state index contributed by atoms with van der Waals surface area (Å²) in [5.41, 5.74) is 0.862. The molecule has 2 aromatic carbocycles. The first-order chi connectivity index (χ1) is 18.4. The van der Waals surface area contributed by atoms with Gasteiger partial charge in [-0.15, -0.1) is 11.3 Å². The number of benzene rings is 2. The zero-order chi connectivity index (χ0) is 26.8. The molecule has 0 unspecified atom stereocenters. The highest BCUT2D eigenvalue weighted by Crippen LogP contribution is 2.34. The van der Waals surface area contributed by atoms with Crippen LogP contribution in [0.1, 0.15) is 13.3 Å². The van der Waals surface area contributed by atoms with Gasteiger partial charge in [-0.3, -0.25) is 4.79 Å². The highest BCUT2D eigenvalue weighted by Gasteiger charge is 2.31. The van der Waals surface area contributed by atoms with Crippen LogP contribution >= 0.6 is 22.9 Å². The fourth-order valence-electron chi connectivity index (χ4n) is 4.42. The molecule has 38 heavy (non-hydrogen) atoms. The van der Waals surface area contributed by atoms with Crippen molar-refractivity contribution in [3.8, 4) is 28.6 Å². The Labute approximate surface area is 228 Å². The predicted molar refractivity (Wildman–Crippen MR) is 146 cm³/mol. The van der Waals surface area contributed by atoms with Gasteiger partial charge in [-0.05, 0) is 37.3 Å². The quantitative estimate of drug-likeness (QED) is 0.300. The maximum Gasteiger partial charge on any atom is 0.244 e. The second kappa shape index (κ2) is 11.0. The number of anilines is 1. The lowest BCUT2D eigenvalue weighted by atomic mass is 10.1. The van der Waals surface area contributed by atoms with Crippen LogP contribution in [-0.4, -0.2) is 60.2 Å². The van der Waals surface area contributed by atoms with E-state index < -0.39 is 11.9 Å². The van der Waals surface area contributed by atoms with Crippen LogP contribution in [0.4, 0.5) is 9.52 Å². The Morgan fingerprint density at radius 3 is 2.82 bits per heavy atom. The molecule has 5 rings (SSSR count).